The van der Waals surface area contributed by atoms with E-state index in [0.29, 0.717) is 23.7 Å². The van der Waals surface area contributed by atoms with E-state index in [0.717, 1.165) is 30.2 Å². The maximum absolute atomic E-state index is 12.6. The van der Waals surface area contributed by atoms with Gasteiger partial charge < -0.3 is 20.3 Å². The third kappa shape index (κ3) is 6.49. The van der Waals surface area contributed by atoms with Crippen LogP contribution in [0.4, 0.5) is 22.1 Å². The number of hydrogen-bond acceptors (Lipinski definition) is 8. The predicted molar refractivity (Wildman–Crippen MR) is 117 cm³/mol. The number of benzene rings is 1. The Morgan fingerprint density at radius 3 is 2.32 bits per heavy atom. The molecule has 2 aromatic rings. The Kier molecular flexibility index (Phi) is 8.51. The summed E-state index contributed by atoms with van der Waals surface area (Å²) in [7, 11) is 0. The summed E-state index contributed by atoms with van der Waals surface area (Å²) in [6, 6.07) is 4.82. The van der Waals surface area contributed by atoms with Crippen molar-refractivity contribution in [2.24, 2.45) is 0 Å². The Balaban J connectivity index is 2.37. The van der Waals surface area contributed by atoms with Crippen molar-refractivity contribution >= 4 is 46.7 Å². The molecule has 0 atom stereocenters. The van der Waals surface area contributed by atoms with Crippen molar-refractivity contribution in [2.75, 3.05) is 18.4 Å². The number of carbonyl (C=O) groups excluding carboxylic acids is 1. The number of carbonyl (C=O) groups is 1. The molecule has 11 nitrogen and oxygen atoms in total. The summed E-state index contributed by atoms with van der Waals surface area (Å²) in [5.41, 5.74) is 0.638. The maximum atomic E-state index is 12.6. The first-order valence-corrected chi connectivity index (χ1v) is 10.6. The minimum atomic E-state index is -0.877. The Morgan fingerprint density at radius 1 is 1.13 bits per heavy atom. The van der Waals surface area contributed by atoms with Gasteiger partial charge in [-0.25, -0.2) is 4.79 Å². The smallest absolute Gasteiger partial charge is 0.390 e. The molecule has 0 unspecified atom stereocenters. The summed E-state index contributed by atoms with van der Waals surface area (Å²) in [5.74, 6) is -0.839. The second-order valence-corrected chi connectivity index (χ2v) is 7.96. The lowest BCUT2D eigenvalue weighted by Gasteiger charge is -2.22. The fourth-order valence-electron chi connectivity index (χ4n) is 2.75. The highest BCUT2D eigenvalue weighted by Crippen LogP contribution is 2.39. The van der Waals surface area contributed by atoms with E-state index in [1.54, 1.807) is 30.0 Å². The second kappa shape index (κ2) is 10.9. The van der Waals surface area contributed by atoms with Crippen LogP contribution in [0.3, 0.4) is 0 Å². The van der Waals surface area contributed by atoms with E-state index >= 15 is 0 Å². The van der Waals surface area contributed by atoms with Crippen LogP contribution in [0.2, 0.25) is 5.15 Å². The molecule has 0 aliphatic carbocycles. The quantitative estimate of drug-likeness (QED) is 0.305. The number of nitrogens with zero attached hydrogens (tertiary/aromatic N) is 5. The van der Waals surface area contributed by atoms with Crippen molar-refractivity contribution in [1.82, 2.24) is 14.9 Å². The molecule has 13 heteroatoms. The van der Waals surface area contributed by atoms with E-state index < -0.39 is 26.6 Å². The molecule has 166 valence electrons. The van der Waals surface area contributed by atoms with Crippen LogP contribution in [0.5, 0.6) is 0 Å². The average molecular weight is 469 g/mol. The Hall–Kier alpha value is -2.99. The van der Waals surface area contributed by atoms with E-state index in [4.69, 9.17) is 11.6 Å². The standard InChI is InChI=1S/C18H21ClN6O5S/c1-4-6-23(7-5-2)18(26)20-12-8-11(3)9-13(10-12)31-16-14(24(27)28)15(19)21-17(22-16)25(29)30/h8-10H,4-7H2,1-3H3,(H,20,26). The number of halogens is 1. The number of aryl methyl sites for hydroxylation is 1. The van der Waals surface area contributed by atoms with Gasteiger partial charge in [0.15, 0.2) is 0 Å². The number of rotatable bonds is 9. The molecule has 1 heterocycles. The summed E-state index contributed by atoms with van der Waals surface area (Å²) < 4.78 is 0. The van der Waals surface area contributed by atoms with E-state index in [1.807, 2.05) is 13.8 Å². The summed E-state index contributed by atoms with van der Waals surface area (Å²) in [5, 5.41) is 24.4. The van der Waals surface area contributed by atoms with Gasteiger partial charge in [-0.05, 0) is 76.8 Å². The Morgan fingerprint density at radius 2 is 1.77 bits per heavy atom. The summed E-state index contributed by atoms with van der Waals surface area (Å²) >= 11 is 6.62. The molecule has 1 aromatic carbocycles. The van der Waals surface area contributed by atoms with Gasteiger partial charge in [0.1, 0.15) is 0 Å². The molecule has 0 fully saturated rings. The molecule has 0 bridgehead atoms. The SMILES string of the molecule is CCCN(CCC)C(=O)Nc1cc(C)cc(Sc2nc([N+](=O)[O-])nc(Cl)c2[N+](=O)[O-])c1. The molecule has 2 amide bonds. The Bertz CT molecular complexity index is 1000. The molecular formula is C18H21ClN6O5S. The molecular weight excluding hydrogens is 448 g/mol. The van der Waals surface area contributed by atoms with Crippen LogP contribution in [0.15, 0.2) is 28.1 Å². The highest BCUT2D eigenvalue weighted by molar-refractivity contribution is 7.99. The van der Waals surface area contributed by atoms with E-state index in [9.17, 15) is 25.0 Å². The zero-order valence-electron chi connectivity index (χ0n) is 17.1. The number of nitro groups is 2. The summed E-state index contributed by atoms with van der Waals surface area (Å²) in [6.45, 7) is 6.98. The highest BCUT2D eigenvalue weighted by atomic mass is 35.5. The monoisotopic (exact) mass is 468 g/mol. The zero-order chi connectivity index (χ0) is 23.1. The van der Waals surface area contributed by atoms with Crippen LogP contribution < -0.4 is 5.32 Å². The van der Waals surface area contributed by atoms with Crippen LogP contribution in [0.1, 0.15) is 32.3 Å². The third-order valence-corrected chi connectivity index (χ3v) is 5.15. The lowest BCUT2D eigenvalue weighted by Crippen LogP contribution is -2.36. The van der Waals surface area contributed by atoms with Gasteiger partial charge in [0.25, 0.3) is 10.2 Å². The fraction of sp³-hybridized carbons (Fsp3) is 0.389. The van der Waals surface area contributed by atoms with Gasteiger partial charge in [0.2, 0.25) is 0 Å². The second-order valence-electron chi connectivity index (χ2n) is 6.54. The largest absolute Gasteiger partial charge is 0.471 e. The van der Waals surface area contributed by atoms with Gasteiger partial charge in [0, 0.05) is 23.7 Å². The van der Waals surface area contributed by atoms with E-state index in [1.165, 1.54) is 0 Å². The summed E-state index contributed by atoms with van der Waals surface area (Å²) in [4.78, 5) is 42.6. The molecule has 0 saturated carbocycles. The predicted octanol–water partition coefficient (Wildman–Crippen LogP) is 5.06. The number of nitrogens with one attached hydrogen (secondary N) is 1. The average Bonchev–Trinajstić information content (AvgIpc) is 2.66. The minimum absolute atomic E-state index is 0.253. The molecule has 1 N–H and O–H groups in total. The van der Waals surface area contributed by atoms with Crippen molar-refractivity contribution in [2.45, 2.75) is 43.5 Å². The number of aromatic nitrogens is 2. The molecule has 1 aromatic heterocycles. The first kappa shape index (κ1) is 24.3. The normalized spacial score (nSPS) is 10.6. The number of urea groups is 1. The Labute approximate surface area is 187 Å². The fourth-order valence-corrected chi connectivity index (χ4v) is 4.09. The maximum Gasteiger partial charge on any atom is 0.471 e. The van der Waals surface area contributed by atoms with Crippen molar-refractivity contribution in [3.63, 3.8) is 0 Å². The molecule has 31 heavy (non-hydrogen) atoms. The first-order valence-electron chi connectivity index (χ1n) is 9.38. The van der Waals surface area contributed by atoms with Crippen LogP contribution in [0, 0.1) is 27.2 Å². The van der Waals surface area contributed by atoms with Crippen molar-refractivity contribution in [3.8, 4) is 0 Å². The van der Waals surface area contributed by atoms with Gasteiger partial charge in [-0.1, -0.05) is 18.8 Å². The van der Waals surface area contributed by atoms with Crippen molar-refractivity contribution in [1.29, 1.82) is 0 Å². The van der Waals surface area contributed by atoms with Crippen LogP contribution in [-0.4, -0.2) is 43.8 Å². The van der Waals surface area contributed by atoms with E-state index in [-0.39, 0.29) is 11.1 Å². The third-order valence-electron chi connectivity index (χ3n) is 3.93. The van der Waals surface area contributed by atoms with Gasteiger partial charge in [-0.15, -0.1) is 0 Å². The number of anilines is 1. The molecule has 0 radical (unpaired) electrons. The molecule has 2 rings (SSSR count). The number of hydrogen-bond donors (Lipinski definition) is 1. The summed E-state index contributed by atoms with van der Waals surface area (Å²) in [6.07, 6.45) is 1.64. The van der Waals surface area contributed by atoms with Crippen molar-refractivity contribution in [3.05, 3.63) is 49.1 Å². The zero-order valence-corrected chi connectivity index (χ0v) is 18.7. The van der Waals surface area contributed by atoms with Crippen LogP contribution in [0.25, 0.3) is 0 Å². The number of amides is 2. The van der Waals surface area contributed by atoms with Crippen LogP contribution in [-0.2, 0) is 0 Å². The van der Waals surface area contributed by atoms with Crippen LogP contribution >= 0.6 is 23.4 Å². The molecule has 0 aliphatic rings. The van der Waals surface area contributed by atoms with E-state index in [2.05, 4.69) is 15.3 Å². The topological polar surface area (TPSA) is 144 Å². The first-order chi connectivity index (χ1) is 14.7. The lowest BCUT2D eigenvalue weighted by atomic mass is 10.2. The van der Waals surface area contributed by atoms with Crippen molar-refractivity contribution < 1.29 is 14.6 Å². The highest BCUT2D eigenvalue weighted by Gasteiger charge is 2.32. The van der Waals surface area contributed by atoms with Gasteiger partial charge >= 0.3 is 17.7 Å². The minimum Gasteiger partial charge on any atom is -0.390 e. The molecule has 0 aliphatic heterocycles. The molecule has 0 spiro atoms. The molecule has 0 saturated heterocycles. The van der Waals surface area contributed by atoms with Gasteiger partial charge in [-0.2, -0.15) is 0 Å². The van der Waals surface area contributed by atoms with Gasteiger partial charge in [-0.3, -0.25) is 10.1 Å². The van der Waals surface area contributed by atoms with Gasteiger partial charge in [0.05, 0.1) is 4.92 Å². The lowest BCUT2D eigenvalue weighted by molar-refractivity contribution is -0.399.